The lowest BCUT2D eigenvalue weighted by molar-refractivity contribution is -0.137. The molecule has 19 heavy (non-hydrogen) atoms. The van der Waals surface area contributed by atoms with Gasteiger partial charge in [0.25, 0.3) is 0 Å². The average Bonchev–Trinajstić information content (AvgIpc) is 2.39. The second-order valence-electron chi connectivity index (χ2n) is 4.21. The van der Waals surface area contributed by atoms with Gasteiger partial charge in [-0.2, -0.15) is 0 Å². The van der Waals surface area contributed by atoms with Crippen molar-refractivity contribution in [1.82, 2.24) is 5.32 Å². The molecule has 0 radical (unpaired) electrons. The smallest absolute Gasteiger partial charge is 0.303 e. The Morgan fingerprint density at radius 1 is 1.32 bits per heavy atom. The van der Waals surface area contributed by atoms with Crippen LogP contribution < -0.4 is 5.32 Å². The molecule has 0 saturated carbocycles. The number of carboxylic acid groups (broad SMARTS) is 1. The lowest BCUT2D eigenvalue weighted by Gasteiger charge is -2.24. The molecule has 1 rings (SSSR count). The first-order valence-corrected chi connectivity index (χ1v) is 6.42. The second-order valence-corrected chi connectivity index (χ2v) is 4.65. The third-order valence-electron chi connectivity index (χ3n) is 2.78. The average molecular weight is 288 g/mol. The van der Waals surface area contributed by atoms with Gasteiger partial charge in [0, 0.05) is 24.0 Å². The van der Waals surface area contributed by atoms with Crippen molar-refractivity contribution >= 4 is 17.6 Å². The normalized spacial score (nSPS) is 14.1. The maximum atomic E-state index is 10.6. The van der Waals surface area contributed by atoms with Crippen LogP contribution in [-0.2, 0) is 4.79 Å². The highest BCUT2D eigenvalue weighted by molar-refractivity contribution is 6.30. The van der Waals surface area contributed by atoms with Gasteiger partial charge in [0.05, 0.1) is 12.7 Å². The number of hydrogen-bond acceptors (Lipinski definition) is 4. The molecule has 6 heteroatoms. The summed E-state index contributed by atoms with van der Waals surface area (Å²) in [7, 11) is 0. The highest BCUT2D eigenvalue weighted by Crippen LogP contribution is 2.21. The van der Waals surface area contributed by atoms with Gasteiger partial charge >= 0.3 is 5.97 Å². The summed E-state index contributed by atoms with van der Waals surface area (Å²) in [6, 6.07) is 6.30. The van der Waals surface area contributed by atoms with Gasteiger partial charge in [0.2, 0.25) is 0 Å². The van der Waals surface area contributed by atoms with Gasteiger partial charge in [-0.25, -0.2) is 0 Å². The standard InChI is InChI=1S/C13H18ClNO4/c14-10-3-1-9(2-4-10)13(19)11(15-7-8-16)5-6-12(17)18/h1-4,11,13,15-16,19H,5-8H2,(H,17,18). The predicted octanol–water partition coefficient (Wildman–Crippen LogP) is 1.19. The molecule has 0 aliphatic carbocycles. The first kappa shape index (κ1) is 15.9. The van der Waals surface area contributed by atoms with Gasteiger partial charge in [-0.05, 0) is 24.1 Å². The Kier molecular flexibility index (Phi) is 6.80. The number of nitrogens with one attached hydrogen (secondary N) is 1. The summed E-state index contributed by atoms with van der Waals surface area (Å²) < 4.78 is 0. The fourth-order valence-electron chi connectivity index (χ4n) is 1.79. The van der Waals surface area contributed by atoms with Gasteiger partial charge in [0.15, 0.2) is 0 Å². The minimum atomic E-state index is -0.917. The molecule has 0 bridgehead atoms. The van der Waals surface area contributed by atoms with Crippen LogP contribution >= 0.6 is 11.6 Å². The number of benzene rings is 1. The summed E-state index contributed by atoms with van der Waals surface area (Å²) in [4.78, 5) is 10.6. The van der Waals surface area contributed by atoms with Gasteiger partial charge < -0.3 is 20.6 Å². The molecule has 1 aromatic rings. The largest absolute Gasteiger partial charge is 0.481 e. The Hall–Kier alpha value is -1.14. The molecule has 0 fully saturated rings. The van der Waals surface area contributed by atoms with Gasteiger partial charge in [-0.1, -0.05) is 23.7 Å². The van der Waals surface area contributed by atoms with E-state index < -0.39 is 18.1 Å². The first-order valence-electron chi connectivity index (χ1n) is 6.04. The van der Waals surface area contributed by atoms with Crippen molar-refractivity contribution in [3.8, 4) is 0 Å². The highest BCUT2D eigenvalue weighted by Gasteiger charge is 2.21. The van der Waals surface area contributed by atoms with Crippen LogP contribution in [0.5, 0.6) is 0 Å². The number of aliphatic hydroxyl groups is 2. The zero-order chi connectivity index (χ0) is 14.3. The van der Waals surface area contributed by atoms with Crippen molar-refractivity contribution in [1.29, 1.82) is 0 Å². The number of carbonyl (C=O) groups is 1. The lowest BCUT2D eigenvalue weighted by atomic mass is 9.98. The fraction of sp³-hybridized carbons (Fsp3) is 0.462. The van der Waals surface area contributed by atoms with E-state index in [1.165, 1.54) is 0 Å². The van der Waals surface area contributed by atoms with Crippen LogP contribution in [0, 0.1) is 0 Å². The summed E-state index contributed by atoms with van der Waals surface area (Å²) in [5.41, 5.74) is 0.658. The molecule has 0 amide bonds. The monoisotopic (exact) mass is 287 g/mol. The Morgan fingerprint density at radius 2 is 1.95 bits per heavy atom. The van der Waals surface area contributed by atoms with E-state index in [4.69, 9.17) is 21.8 Å². The third-order valence-corrected chi connectivity index (χ3v) is 3.03. The van der Waals surface area contributed by atoms with Crippen LogP contribution in [0.15, 0.2) is 24.3 Å². The first-order chi connectivity index (χ1) is 9.04. The Labute approximate surface area is 116 Å². The molecule has 0 saturated heterocycles. The van der Waals surface area contributed by atoms with Crippen LogP contribution in [0.2, 0.25) is 5.02 Å². The minimum Gasteiger partial charge on any atom is -0.481 e. The van der Waals surface area contributed by atoms with E-state index in [0.29, 0.717) is 17.1 Å². The third kappa shape index (κ3) is 5.57. The van der Waals surface area contributed by atoms with Crippen molar-refractivity contribution in [3.05, 3.63) is 34.9 Å². The van der Waals surface area contributed by atoms with E-state index in [9.17, 15) is 9.90 Å². The van der Waals surface area contributed by atoms with Crippen molar-refractivity contribution in [2.24, 2.45) is 0 Å². The quantitative estimate of drug-likeness (QED) is 0.577. The van der Waals surface area contributed by atoms with E-state index >= 15 is 0 Å². The molecule has 0 aliphatic rings. The van der Waals surface area contributed by atoms with Crippen molar-refractivity contribution < 1.29 is 20.1 Å². The number of aliphatic carboxylic acids is 1. The predicted molar refractivity (Wildman–Crippen MR) is 72.2 cm³/mol. The molecular formula is C13H18ClNO4. The Bertz CT molecular complexity index is 396. The zero-order valence-corrected chi connectivity index (χ0v) is 11.2. The summed E-state index contributed by atoms with van der Waals surface area (Å²) in [5.74, 6) is -0.917. The van der Waals surface area contributed by atoms with Crippen LogP contribution in [0.4, 0.5) is 0 Å². The van der Waals surface area contributed by atoms with Gasteiger partial charge in [-0.3, -0.25) is 4.79 Å². The Morgan fingerprint density at radius 3 is 2.47 bits per heavy atom. The van der Waals surface area contributed by atoms with E-state index in [0.717, 1.165) is 0 Å². The molecule has 106 valence electrons. The van der Waals surface area contributed by atoms with Gasteiger partial charge in [0.1, 0.15) is 0 Å². The molecule has 0 aliphatic heterocycles. The SMILES string of the molecule is O=C(O)CCC(NCCO)C(O)c1ccc(Cl)cc1. The van der Waals surface area contributed by atoms with E-state index in [1.807, 2.05) is 0 Å². The molecule has 1 aromatic carbocycles. The summed E-state index contributed by atoms with van der Waals surface area (Å²) in [6.45, 7) is 0.228. The summed E-state index contributed by atoms with van der Waals surface area (Å²) >= 11 is 5.77. The molecule has 0 aromatic heterocycles. The number of aliphatic hydroxyl groups excluding tert-OH is 2. The summed E-state index contributed by atoms with van der Waals surface area (Å²) in [6.07, 6.45) is -0.615. The molecule has 4 N–H and O–H groups in total. The molecular weight excluding hydrogens is 270 g/mol. The van der Waals surface area contributed by atoms with Gasteiger partial charge in [-0.15, -0.1) is 0 Å². The highest BCUT2D eigenvalue weighted by atomic mass is 35.5. The number of halogens is 1. The molecule has 0 spiro atoms. The van der Waals surface area contributed by atoms with E-state index in [2.05, 4.69) is 5.32 Å². The van der Waals surface area contributed by atoms with Crippen LogP contribution in [0.3, 0.4) is 0 Å². The Balaban J connectivity index is 2.71. The lowest BCUT2D eigenvalue weighted by Crippen LogP contribution is -2.37. The maximum Gasteiger partial charge on any atom is 0.303 e. The maximum absolute atomic E-state index is 10.6. The van der Waals surface area contributed by atoms with Crippen molar-refractivity contribution in [2.45, 2.75) is 25.0 Å². The zero-order valence-electron chi connectivity index (χ0n) is 10.4. The molecule has 5 nitrogen and oxygen atoms in total. The topological polar surface area (TPSA) is 89.8 Å². The fourth-order valence-corrected chi connectivity index (χ4v) is 1.92. The number of carboxylic acids is 1. The number of hydrogen-bond donors (Lipinski definition) is 4. The number of rotatable bonds is 8. The second kappa shape index (κ2) is 8.12. The van der Waals surface area contributed by atoms with Crippen LogP contribution in [0.1, 0.15) is 24.5 Å². The molecule has 2 atom stereocenters. The summed E-state index contributed by atoms with van der Waals surface area (Å²) in [5, 5.41) is 31.2. The van der Waals surface area contributed by atoms with E-state index in [-0.39, 0.29) is 19.4 Å². The van der Waals surface area contributed by atoms with Crippen LogP contribution in [-0.4, -0.2) is 40.5 Å². The van der Waals surface area contributed by atoms with Crippen molar-refractivity contribution in [2.75, 3.05) is 13.2 Å². The molecule has 0 heterocycles. The molecule has 2 unspecified atom stereocenters. The minimum absolute atomic E-state index is 0.0479. The van der Waals surface area contributed by atoms with Crippen molar-refractivity contribution in [3.63, 3.8) is 0 Å². The van der Waals surface area contributed by atoms with E-state index in [1.54, 1.807) is 24.3 Å². The van der Waals surface area contributed by atoms with Crippen LogP contribution in [0.25, 0.3) is 0 Å².